The highest BCUT2D eigenvalue weighted by Crippen LogP contribution is 2.31. The number of morpholine rings is 1. The number of carbonyl (C=O) groups excluding carboxylic acids is 1. The van der Waals surface area contributed by atoms with Gasteiger partial charge in [0.2, 0.25) is 0 Å². The van der Waals surface area contributed by atoms with Gasteiger partial charge in [-0.1, -0.05) is 11.3 Å². The third-order valence-corrected chi connectivity index (χ3v) is 5.87. The van der Waals surface area contributed by atoms with Crippen molar-refractivity contribution in [2.45, 2.75) is 13.8 Å². The molecule has 8 heteroatoms. The highest BCUT2D eigenvalue weighted by Gasteiger charge is 2.25. The molecule has 3 aromatic rings. The van der Waals surface area contributed by atoms with E-state index in [1.54, 1.807) is 24.0 Å². The first-order valence-electron chi connectivity index (χ1n) is 9.26. The molecule has 0 aliphatic carbocycles. The minimum atomic E-state index is -0.310. The van der Waals surface area contributed by atoms with Gasteiger partial charge in [-0.15, -0.1) is 0 Å². The Morgan fingerprint density at radius 2 is 2.07 bits per heavy atom. The highest BCUT2D eigenvalue weighted by molar-refractivity contribution is 7.22. The van der Waals surface area contributed by atoms with Gasteiger partial charge in [-0.2, -0.15) is 0 Å². The summed E-state index contributed by atoms with van der Waals surface area (Å²) >= 11 is 1.32. The van der Waals surface area contributed by atoms with Crippen LogP contribution in [0.15, 0.2) is 28.7 Å². The number of hydrogen-bond acceptors (Lipinski definition) is 6. The van der Waals surface area contributed by atoms with E-state index in [1.807, 2.05) is 6.92 Å². The molecule has 1 amide bonds. The number of furan rings is 1. The van der Waals surface area contributed by atoms with Gasteiger partial charge in [0, 0.05) is 26.2 Å². The molecule has 1 saturated heterocycles. The van der Waals surface area contributed by atoms with Gasteiger partial charge in [0.25, 0.3) is 5.91 Å². The van der Waals surface area contributed by atoms with Gasteiger partial charge in [0.05, 0.1) is 29.0 Å². The second-order valence-electron chi connectivity index (χ2n) is 6.85. The predicted molar refractivity (Wildman–Crippen MR) is 107 cm³/mol. The van der Waals surface area contributed by atoms with Crippen molar-refractivity contribution in [1.29, 1.82) is 0 Å². The Bertz CT molecular complexity index is 994. The summed E-state index contributed by atoms with van der Waals surface area (Å²) < 4.78 is 25.3. The fraction of sp³-hybridized carbons (Fsp3) is 0.400. The summed E-state index contributed by atoms with van der Waals surface area (Å²) in [6.45, 7) is 7.91. The molecule has 3 heterocycles. The van der Waals surface area contributed by atoms with Crippen molar-refractivity contribution in [3.63, 3.8) is 0 Å². The van der Waals surface area contributed by atoms with Gasteiger partial charge in [0.15, 0.2) is 5.13 Å². The van der Waals surface area contributed by atoms with Gasteiger partial charge in [0.1, 0.15) is 17.3 Å². The Labute approximate surface area is 166 Å². The van der Waals surface area contributed by atoms with E-state index in [0.717, 1.165) is 24.3 Å². The van der Waals surface area contributed by atoms with E-state index in [4.69, 9.17) is 9.15 Å². The zero-order chi connectivity index (χ0) is 19.7. The SMILES string of the molecule is Cc1cc(C(=O)N(CCN2CCOCC2)c2nc3ccc(F)cc3s2)c(C)o1. The summed E-state index contributed by atoms with van der Waals surface area (Å²) in [4.78, 5) is 21.8. The summed E-state index contributed by atoms with van der Waals surface area (Å²) in [6.07, 6.45) is 0. The molecule has 0 radical (unpaired) electrons. The van der Waals surface area contributed by atoms with Crippen molar-refractivity contribution in [2.75, 3.05) is 44.3 Å². The minimum absolute atomic E-state index is 0.151. The number of thiazole rings is 1. The molecule has 2 aromatic heterocycles. The van der Waals surface area contributed by atoms with E-state index < -0.39 is 0 Å². The Morgan fingerprint density at radius 3 is 2.79 bits per heavy atom. The van der Waals surface area contributed by atoms with Crippen LogP contribution in [0.4, 0.5) is 9.52 Å². The first kappa shape index (κ1) is 19.0. The number of aryl methyl sites for hydroxylation is 2. The fourth-order valence-electron chi connectivity index (χ4n) is 3.34. The highest BCUT2D eigenvalue weighted by atomic mass is 32.1. The lowest BCUT2D eigenvalue weighted by Gasteiger charge is -2.29. The van der Waals surface area contributed by atoms with Gasteiger partial charge in [-0.3, -0.25) is 14.6 Å². The first-order chi connectivity index (χ1) is 13.5. The number of nitrogens with zero attached hydrogens (tertiary/aromatic N) is 3. The summed E-state index contributed by atoms with van der Waals surface area (Å²) in [5, 5.41) is 0.567. The number of fused-ring (bicyclic) bond motifs is 1. The van der Waals surface area contributed by atoms with Crippen molar-refractivity contribution < 1.29 is 18.3 Å². The third-order valence-electron chi connectivity index (χ3n) is 4.83. The molecule has 1 fully saturated rings. The van der Waals surface area contributed by atoms with E-state index in [1.165, 1.54) is 23.5 Å². The molecular weight excluding hydrogens is 381 g/mol. The maximum absolute atomic E-state index is 13.6. The lowest BCUT2D eigenvalue weighted by Crippen LogP contribution is -2.43. The number of hydrogen-bond donors (Lipinski definition) is 0. The van der Waals surface area contributed by atoms with Gasteiger partial charge >= 0.3 is 0 Å². The zero-order valence-electron chi connectivity index (χ0n) is 15.9. The zero-order valence-corrected chi connectivity index (χ0v) is 16.7. The maximum Gasteiger partial charge on any atom is 0.263 e. The molecule has 4 rings (SSSR count). The monoisotopic (exact) mass is 403 g/mol. The Kier molecular flexibility index (Phi) is 5.43. The van der Waals surface area contributed by atoms with Gasteiger partial charge < -0.3 is 9.15 Å². The molecule has 148 valence electrons. The molecule has 1 aliphatic heterocycles. The lowest BCUT2D eigenvalue weighted by molar-refractivity contribution is 0.0391. The Morgan fingerprint density at radius 1 is 1.29 bits per heavy atom. The van der Waals surface area contributed by atoms with Crippen molar-refractivity contribution in [3.05, 3.63) is 47.2 Å². The molecule has 0 bridgehead atoms. The van der Waals surface area contributed by atoms with E-state index in [0.29, 0.717) is 47.5 Å². The summed E-state index contributed by atoms with van der Waals surface area (Å²) in [5.41, 5.74) is 1.22. The molecule has 1 aliphatic rings. The minimum Gasteiger partial charge on any atom is -0.466 e. The first-order valence-corrected chi connectivity index (χ1v) is 10.1. The summed E-state index contributed by atoms with van der Waals surface area (Å²) in [6, 6.07) is 6.23. The van der Waals surface area contributed by atoms with Crippen LogP contribution in [-0.2, 0) is 4.74 Å². The number of carbonyl (C=O) groups is 1. The fourth-order valence-corrected chi connectivity index (χ4v) is 4.36. The number of amides is 1. The average molecular weight is 403 g/mol. The number of aromatic nitrogens is 1. The van der Waals surface area contributed by atoms with E-state index in [2.05, 4.69) is 9.88 Å². The van der Waals surface area contributed by atoms with Crippen LogP contribution in [0.3, 0.4) is 0 Å². The Balaban J connectivity index is 1.64. The molecular formula is C20H22FN3O3S. The van der Waals surface area contributed by atoms with Gasteiger partial charge in [-0.25, -0.2) is 9.37 Å². The number of halogens is 1. The lowest BCUT2D eigenvalue weighted by atomic mass is 10.2. The van der Waals surface area contributed by atoms with Crippen molar-refractivity contribution in [2.24, 2.45) is 0 Å². The summed E-state index contributed by atoms with van der Waals surface area (Å²) in [5.74, 6) is 0.823. The largest absolute Gasteiger partial charge is 0.466 e. The molecule has 28 heavy (non-hydrogen) atoms. The van der Waals surface area contributed by atoms with Crippen molar-refractivity contribution in [3.8, 4) is 0 Å². The van der Waals surface area contributed by atoms with Crippen LogP contribution >= 0.6 is 11.3 Å². The number of rotatable bonds is 5. The number of benzene rings is 1. The third kappa shape index (κ3) is 3.94. The number of ether oxygens (including phenoxy) is 1. The van der Waals surface area contributed by atoms with Crippen molar-refractivity contribution >= 4 is 32.6 Å². The van der Waals surface area contributed by atoms with Crippen LogP contribution in [0, 0.1) is 19.7 Å². The Hall–Kier alpha value is -2.29. The second-order valence-corrected chi connectivity index (χ2v) is 7.86. The molecule has 1 aromatic carbocycles. The molecule has 0 unspecified atom stereocenters. The second kappa shape index (κ2) is 7.98. The molecule has 0 saturated carbocycles. The van der Waals surface area contributed by atoms with Crippen molar-refractivity contribution in [1.82, 2.24) is 9.88 Å². The van der Waals surface area contributed by atoms with E-state index in [-0.39, 0.29) is 11.7 Å². The van der Waals surface area contributed by atoms with Crippen LogP contribution in [-0.4, -0.2) is 55.2 Å². The van der Waals surface area contributed by atoms with Crippen LogP contribution in [0.1, 0.15) is 21.9 Å². The van der Waals surface area contributed by atoms with Crippen LogP contribution in [0.5, 0.6) is 0 Å². The quantitative estimate of drug-likeness (QED) is 0.651. The maximum atomic E-state index is 13.6. The van der Waals surface area contributed by atoms with E-state index in [9.17, 15) is 9.18 Å². The standard InChI is InChI=1S/C20H22FN3O3S/c1-13-11-16(14(2)27-13)19(25)24(6-5-23-7-9-26-10-8-23)20-22-17-4-3-15(21)12-18(17)28-20/h3-4,11-12H,5-10H2,1-2H3. The average Bonchev–Trinajstić information content (AvgIpc) is 3.24. The molecule has 0 spiro atoms. The summed E-state index contributed by atoms with van der Waals surface area (Å²) in [7, 11) is 0. The normalized spacial score (nSPS) is 15.2. The molecule has 0 N–H and O–H groups in total. The van der Waals surface area contributed by atoms with Crippen LogP contribution < -0.4 is 4.90 Å². The van der Waals surface area contributed by atoms with E-state index >= 15 is 0 Å². The smallest absolute Gasteiger partial charge is 0.263 e. The van der Waals surface area contributed by atoms with Crippen LogP contribution in [0.2, 0.25) is 0 Å². The predicted octanol–water partition coefficient (Wildman–Crippen LogP) is 3.62. The van der Waals surface area contributed by atoms with Gasteiger partial charge in [-0.05, 0) is 38.1 Å². The molecule has 6 nitrogen and oxygen atoms in total. The number of anilines is 1. The topological polar surface area (TPSA) is 58.8 Å². The van der Waals surface area contributed by atoms with Crippen LogP contribution in [0.25, 0.3) is 10.2 Å². The molecule has 0 atom stereocenters.